The molecule has 2 aromatic rings. The zero-order valence-corrected chi connectivity index (χ0v) is 12.5. The first-order chi connectivity index (χ1) is 10.4. The standard InChI is InChI=1S/C15H13NO5S/c1-11(17)13-9-5-6-10-14(13)22(19,20)16-15(18)21-12-7-3-2-4-8-12/h2-10H,1H3,(H,16,18). The molecule has 0 aromatic heterocycles. The van der Waals surface area contributed by atoms with Crippen LogP contribution in [0.25, 0.3) is 0 Å². The number of rotatable bonds is 4. The van der Waals surface area contributed by atoms with Gasteiger partial charge >= 0.3 is 6.09 Å². The monoisotopic (exact) mass is 319 g/mol. The second kappa shape index (κ2) is 6.40. The molecular formula is C15H13NO5S. The Hall–Kier alpha value is -2.67. The molecule has 114 valence electrons. The van der Waals surface area contributed by atoms with Crippen LogP contribution < -0.4 is 9.46 Å². The predicted molar refractivity (Wildman–Crippen MR) is 79.2 cm³/mol. The fourth-order valence-corrected chi connectivity index (χ4v) is 2.90. The average molecular weight is 319 g/mol. The van der Waals surface area contributed by atoms with E-state index < -0.39 is 21.9 Å². The van der Waals surface area contributed by atoms with Crippen molar-refractivity contribution in [1.29, 1.82) is 0 Å². The molecule has 22 heavy (non-hydrogen) atoms. The maximum absolute atomic E-state index is 12.2. The summed E-state index contributed by atoms with van der Waals surface area (Å²) in [5.74, 6) is -0.215. The van der Waals surface area contributed by atoms with E-state index in [1.165, 1.54) is 43.3 Å². The lowest BCUT2D eigenvalue weighted by Gasteiger charge is -2.10. The number of amides is 1. The van der Waals surface area contributed by atoms with Crippen LogP contribution >= 0.6 is 0 Å². The second-order valence-electron chi connectivity index (χ2n) is 4.36. The average Bonchev–Trinajstić information content (AvgIpc) is 2.47. The van der Waals surface area contributed by atoms with Crippen molar-refractivity contribution >= 4 is 21.9 Å². The minimum Gasteiger partial charge on any atom is -0.410 e. The van der Waals surface area contributed by atoms with E-state index in [4.69, 9.17) is 4.74 Å². The molecule has 0 bridgehead atoms. The van der Waals surface area contributed by atoms with Crippen LogP contribution in [0.2, 0.25) is 0 Å². The van der Waals surface area contributed by atoms with Crippen molar-refractivity contribution in [1.82, 2.24) is 4.72 Å². The lowest BCUT2D eigenvalue weighted by Crippen LogP contribution is -2.33. The highest BCUT2D eigenvalue weighted by molar-refractivity contribution is 7.90. The molecule has 1 N–H and O–H groups in total. The van der Waals surface area contributed by atoms with Crippen LogP contribution in [0.4, 0.5) is 4.79 Å². The maximum atomic E-state index is 12.2. The molecule has 0 saturated heterocycles. The molecule has 1 amide bonds. The van der Waals surface area contributed by atoms with Gasteiger partial charge < -0.3 is 4.74 Å². The molecule has 2 aromatic carbocycles. The normalized spacial score (nSPS) is 10.8. The summed E-state index contributed by atoms with van der Waals surface area (Å²) in [7, 11) is -4.20. The number of Topliss-reactive ketones (excluding diaryl/α,β-unsaturated/α-hetero) is 1. The van der Waals surface area contributed by atoms with Gasteiger partial charge in [0.15, 0.2) is 5.78 Å². The van der Waals surface area contributed by atoms with Crippen molar-refractivity contribution in [3.63, 3.8) is 0 Å². The Kier molecular flexibility index (Phi) is 4.57. The van der Waals surface area contributed by atoms with Gasteiger partial charge in [0, 0.05) is 5.56 Å². The predicted octanol–water partition coefficient (Wildman–Crippen LogP) is 2.37. The highest BCUT2D eigenvalue weighted by atomic mass is 32.2. The number of para-hydroxylation sites is 1. The maximum Gasteiger partial charge on any atom is 0.426 e. The highest BCUT2D eigenvalue weighted by Crippen LogP contribution is 2.16. The van der Waals surface area contributed by atoms with Gasteiger partial charge in [-0.05, 0) is 25.1 Å². The largest absolute Gasteiger partial charge is 0.426 e. The molecule has 2 rings (SSSR count). The van der Waals surface area contributed by atoms with E-state index in [0.29, 0.717) is 0 Å². The second-order valence-corrected chi connectivity index (χ2v) is 6.01. The molecule has 6 nitrogen and oxygen atoms in total. The Labute approximate surface area is 127 Å². The van der Waals surface area contributed by atoms with Crippen molar-refractivity contribution in [2.24, 2.45) is 0 Å². The summed E-state index contributed by atoms with van der Waals surface area (Å²) in [6, 6.07) is 13.6. The Morgan fingerprint density at radius 2 is 1.55 bits per heavy atom. The first kappa shape index (κ1) is 15.7. The minimum absolute atomic E-state index is 0.00233. The van der Waals surface area contributed by atoms with E-state index in [1.807, 2.05) is 0 Å². The Balaban J connectivity index is 2.21. The summed E-state index contributed by atoms with van der Waals surface area (Å²) in [6.07, 6.45) is -1.15. The number of ether oxygens (including phenoxy) is 1. The van der Waals surface area contributed by atoms with Crippen molar-refractivity contribution in [3.05, 3.63) is 60.2 Å². The zero-order valence-electron chi connectivity index (χ0n) is 11.6. The van der Waals surface area contributed by atoms with Gasteiger partial charge in [-0.25, -0.2) is 17.9 Å². The van der Waals surface area contributed by atoms with Gasteiger partial charge in [-0.2, -0.15) is 0 Å². The Bertz CT molecular complexity index is 800. The third kappa shape index (κ3) is 3.70. The van der Waals surface area contributed by atoms with Gasteiger partial charge in [-0.15, -0.1) is 0 Å². The van der Waals surface area contributed by atoms with Crippen LogP contribution in [0, 0.1) is 0 Å². The smallest absolute Gasteiger partial charge is 0.410 e. The Morgan fingerprint density at radius 3 is 2.18 bits per heavy atom. The van der Waals surface area contributed by atoms with E-state index in [0.717, 1.165) is 0 Å². The van der Waals surface area contributed by atoms with Gasteiger partial charge in [0.25, 0.3) is 10.0 Å². The number of carbonyl (C=O) groups is 2. The highest BCUT2D eigenvalue weighted by Gasteiger charge is 2.23. The third-order valence-electron chi connectivity index (χ3n) is 2.73. The number of hydrogen-bond donors (Lipinski definition) is 1. The molecule has 0 aliphatic rings. The number of carbonyl (C=O) groups excluding carboxylic acids is 2. The molecule has 0 heterocycles. The van der Waals surface area contributed by atoms with Crippen LogP contribution in [-0.2, 0) is 10.0 Å². The summed E-state index contributed by atoms with van der Waals surface area (Å²) < 4.78 is 31.0. The van der Waals surface area contributed by atoms with Gasteiger partial charge in [-0.1, -0.05) is 36.4 Å². The summed E-state index contributed by atoms with van der Waals surface area (Å²) in [5, 5.41) is 0. The van der Waals surface area contributed by atoms with Crippen LogP contribution in [0.15, 0.2) is 59.5 Å². The molecular weight excluding hydrogens is 306 g/mol. The molecule has 0 aliphatic heterocycles. The van der Waals surface area contributed by atoms with E-state index in [-0.39, 0.29) is 16.2 Å². The van der Waals surface area contributed by atoms with E-state index >= 15 is 0 Å². The van der Waals surface area contributed by atoms with E-state index in [1.54, 1.807) is 22.9 Å². The summed E-state index contributed by atoms with van der Waals surface area (Å²) in [5.41, 5.74) is 0.00233. The topological polar surface area (TPSA) is 89.5 Å². The molecule has 0 spiro atoms. The van der Waals surface area contributed by atoms with E-state index in [9.17, 15) is 18.0 Å². The lowest BCUT2D eigenvalue weighted by molar-refractivity contribution is 0.101. The number of benzene rings is 2. The van der Waals surface area contributed by atoms with Crippen LogP contribution in [0.1, 0.15) is 17.3 Å². The molecule has 0 fully saturated rings. The first-order valence-corrected chi connectivity index (χ1v) is 7.78. The third-order valence-corrected chi connectivity index (χ3v) is 4.10. The number of sulfonamides is 1. The number of hydrogen-bond acceptors (Lipinski definition) is 5. The van der Waals surface area contributed by atoms with E-state index in [2.05, 4.69) is 0 Å². The summed E-state index contributed by atoms with van der Waals surface area (Å²) in [4.78, 5) is 22.9. The fraction of sp³-hybridized carbons (Fsp3) is 0.0667. The molecule has 0 aliphatic carbocycles. The van der Waals surface area contributed by atoms with Gasteiger partial charge in [-0.3, -0.25) is 4.79 Å². The van der Waals surface area contributed by atoms with Crippen molar-refractivity contribution < 1.29 is 22.7 Å². The minimum atomic E-state index is -4.20. The number of ketones is 1. The summed E-state index contributed by atoms with van der Waals surface area (Å²) in [6.45, 7) is 1.25. The van der Waals surface area contributed by atoms with Crippen LogP contribution in [-0.4, -0.2) is 20.3 Å². The molecule has 0 atom stereocenters. The fourth-order valence-electron chi connectivity index (χ4n) is 1.77. The molecule has 0 unspecified atom stereocenters. The van der Waals surface area contributed by atoms with Gasteiger partial charge in [0.1, 0.15) is 5.75 Å². The first-order valence-electron chi connectivity index (χ1n) is 6.30. The van der Waals surface area contributed by atoms with Gasteiger partial charge in [0.05, 0.1) is 4.90 Å². The SMILES string of the molecule is CC(=O)c1ccccc1S(=O)(=O)NC(=O)Oc1ccccc1. The zero-order chi connectivity index (χ0) is 16.2. The lowest BCUT2D eigenvalue weighted by atomic mass is 10.1. The molecule has 0 saturated carbocycles. The Morgan fingerprint density at radius 1 is 0.955 bits per heavy atom. The molecule has 7 heteroatoms. The number of nitrogens with one attached hydrogen (secondary N) is 1. The van der Waals surface area contributed by atoms with Crippen molar-refractivity contribution in [2.45, 2.75) is 11.8 Å². The van der Waals surface area contributed by atoms with Crippen molar-refractivity contribution in [3.8, 4) is 5.75 Å². The van der Waals surface area contributed by atoms with Crippen LogP contribution in [0.3, 0.4) is 0 Å². The van der Waals surface area contributed by atoms with Crippen molar-refractivity contribution in [2.75, 3.05) is 0 Å². The van der Waals surface area contributed by atoms with Gasteiger partial charge in [0.2, 0.25) is 0 Å². The van der Waals surface area contributed by atoms with Crippen LogP contribution in [0.5, 0.6) is 5.75 Å². The quantitative estimate of drug-likeness (QED) is 0.874. The molecule has 0 radical (unpaired) electrons. The summed E-state index contributed by atoms with van der Waals surface area (Å²) >= 11 is 0.